The van der Waals surface area contributed by atoms with Crippen LogP contribution in [0.1, 0.15) is 68.3 Å². The Balaban J connectivity index is 1.89. The van der Waals surface area contributed by atoms with Gasteiger partial charge in [-0.15, -0.1) is 0 Å². The number of carbonyl (C=O) groups is 1. The highest BCUT2D eigenvalue weighted by Gasteiger charge is 2.49. The number of alkyl halides is 3. The zero-order valence-corrected chi connectivity index (χ0v) is 20.9. The molecule has 1 amide bonds. The Kier molecular flexibility index (Phi) is 8.07. The standard InChI is InChI=1S/C24H29ClF5N3O3/c1-4-17-32-18(21(34)31-12-23(36)7-5-13(2)6-8-23)20(25)33(17)19-15(26)9-14(10-16(19)27)11-22(3,35)24(28,29)30/h9-10,13,35-36H,4-8,11-12H2,1-3H3,(H,31,34). The molecule has 36 heavy (non-hydrogen) atoms. The lowest BCUT2D eigenvalue weighted by Gasteiger charge is -2.34. The van der Waals surface area contributed by atoms with Crippen LogP contribution in [0.5, 0.6) is 0 Å². The maximum Gasteiger partial charge on any atom is 0.417 e. The summed E-state index contributed by atoms with van der Waals surface area (Å²) in [7, 11) is 0. The first-order chi connectivity index (χ1) is 16.6. The molecular formula is C24H29ClF5N3O3. The van der Waals surface area contributed by atoms with Crippen molar-refractivity contribution in [2.45, 2.75) is 76.7 Å². The van der Waals surface area contributed by atoms with Gasteiger partial charge in [0.25, 0.3) is 5.91 Å². The molecule has 1 heterocycles. The van der Waals surface area contributed by atoms with Crippen LogP contribution in [0.2, 0.25) is 5.15 Å². The number of aromatic nitrogens is 2. The van der Waals surface area contributed by atoms with E-state index >= 15 is 8.78 Å². The van der Waals surface area contributed by atoms with Gasteiger partial charge in [0.05, 0.1) is 5.60 Å². The van der Waals surface area contributed by atoms with Crippen LogP contribution in [0.3, 0.4) is 0 Å². The summed E-state index contributed by atoms with van der Waals surface area (Å²) in [5, 5.41) is 22.6. The highest BCUT2D eigenvalue weighted by molar-refractivity contribution is 6.32. The number of amides is 1. The van der Waals surface area contributed by atoms with Crippen molar-refractivity contribution >= 4 is 17.5 Å². The Bertz CT molecular complexity index is 1100. The summed E-state index contributed by atoms with van der Waals surface area (Å²) in [5.41, 5.74) is -5.70. The summed E-state index contributed by atoms with van der Waals surface area (Å²) in [6.45, 7) is 4.17. The quantitative estimate of drug-likeness (QED) is 0.439. The van der Waals surface area contributed by atoms with Crippen molar-refractivity contribution in [1.82, 2.24) is 14.9 Å². The Hall–Kier alpha value is -2.24. The van der Waals surface area contributed by atoms with Crippen LogP contribution >= 0.6 is 11.6 Å². The smallest absolute Gasteiger partial charge is 0.388 e. The van der Waals surface area contributed by atoms with Gasteiger partial charge in [0.15, 0.2) is 22.9 Å². The molecule has 1 aliphatic carbocycles. The van der Waals surface area contributed by atoms with Crippen LogP contribution < -0.4 is 5.32 Å². The number of carbonyl (C=O) groups excluding carboxylic acids is 1. The molecular weight excluding hydrogens is 509 g/mol. The van der Waals surface area contributed by atoms with Crippen LogP contribution in [-0.4, -0.2) is 49.6 Å². The average Bonchev–Trinajstić information content (AvgIpc) is 3.09. The van der Waals surface area contributed by atoms with Crippen molar-refractivity contribution in [3.63, 3.8) is 0 Å². The fourth-order valence-corrected chi connectivity index (χ4v) is 4.60. The lowest BCUT2D eigenvalue weighted by molar-refractivity contribution is -0.252. The van der Waals surface area contributed by atoms with E-state index in [0.717, 1.165) is 17.4 Å². The molecule has 0 saturated heterocycles. The number of halogens is 6. The molecule has 1 unspecified atom stereocenters. The lowest BCUT2D eigenvalue weighted by Crippen LogP contribution is -2.45. The van der Waals surface area contributed by atoms with Crippen molar-refractivity contribution < 1.29 is 37.0 Å². The summed E-state index contributed by atoms with van der Waals surface area (Å²) in [5.74, 6) is -2.69. The molecule has 3 rings (SSSR count). The maximum atomic E-state index is 15.0. The van der Waals surface area contributed by atoms with Crippen molar-refractivity contribution in [2.75, 3.05) is 6.54 Å². The SMILES string of the molecule is CCc1nc(C(=O)NCC2(O)CCC(C)CC2)c(Cl)n1-c1c(F)cc(CC(C)(O)C(F)(F)F)cc1F. The minimum atomic E-state index is -5.01. The minimum absolute atomic E-state index is 0.0419. The molecule has 0 radical (unpaired) electrons. The van der Waals surface area contributed by atoms with Crippen LogP contribution in [0.4, 0.5) is 22.0 Å². The average molecular weight is 538 g/mol. The van der Waals surface area contributed by atoms with E-state index in [0.29, 0.717) is 37.8 Å². The molecule has 200 valence electrons. The molecule has 3 N–H and O–H groups in total. The van der Waals surface area contributed by atoms with E-state index in [1.54, 1.807) is 6.92 Å². The predicted octanol–water partition coefficient (Wildman–Crippen LogP) is 4.89. The Morgan fingerprint density at radius 1 is 1.25 bits per heavy atom. The highest BCUT2D eigenvalue weighted by Crippen LogP contribution is 2.35. The number of imidazole rings is 1. The second-order valence-electron chi connectivity index (χ2n) is 9.80. The van der Waals surface area contributed by atoms with Gasteiger partial charge in [-0.2, -0.15) is 13.2 Å². The van der Waals surface area contributed by atoms with Crippen molar-refractivity contribution in [1.29, 1.82) is 0 Å². The lowest BCUT2D eigenvalue weighted by atomic mass is 9.79. The van der Waals surface area contributed by atoms with Gasteiger partial charge in [0.2, 0.25) is 0 Å². The summed E-state index contributed by atoms with van der Waals surface area (Å²) >= 11 is 6.32. The van der Waals surface area contributed by atoms with Crippen molar-refractivity contribution in [3.8, 4) is 5.69 Å². The molecule has 12 heteroatoms. The molecule has 1 atom stereocenters. The molecule has 6 nitrogen and oxygen atoms in total. The second kappa shape index (κ2) is 10.3. The third-order valence-electron chi connectivity index (χ3n) is 6.66. The van der Waals surface area contributed by atoms with Gasteiger partial charge in [-0.05, 0) is 56.2 Å². The minimum Gasteiger partial charge on any atom is -0.388 e. The number of benzene rings is 1. The third kappa shape index (κ3) is 5.84. The molecule has 0 spiro atoms. The van der Waals surface area contributed by atoms with Gasteiger partial charge in [-0.25, -0.2) is 13.8 Å². The number of aliphatic hydroxyl groups is 2. The molecule has 1 saturated carbocycles. The van der Waals surface area contributed by atoms with Crippen LogP contribution in [-0.2, 0) is 12.8 Å². The Morgan fingerprint density at radius 3 is 2.31 bits per heavy atom. The zero-order valence-electron chi connectivity index (χ0n) is 20.1. The van der Waals surface area contributed by atoms with Gasteiger partial charge in [0, 0.05) is 19.4 Å². The number of nitrogens with zero attached hydrogens (tertiary/aromatic N) is 2. The van der Waals surface area contributed by atoms with Crippen molar-refractivity contribution in [3.05, 3.63) is 46.0 Å². The summed E-state index contributed by atoms with van der Waals surface area (Å²) in [4.78, 5) is 16.9. The molecule has 0 bridgehead atoms. The molecule has 1 aromatic carbocycles. The van der Waals surface area contributed by atoms with E-state index in [-0.39, 0.29) is 29.6 Å². The fourth-order valence-electron chi connectivity index (χ4n) is 4.29. The first-order valence-electron chi connectivity index (χ1n) is 11.6. The monoisotopic (exact) mass is 537 g/mol. The predicted molar refractivity (Wildman–Crippen MR) is 123 cm³/mol. The van der Waals surface area contributed by atoms with E-state index in [2.05, 4.69) is 17.2 Å². The molecule has 1 aromatic heterocycles. The molecule has 1 fully saturated rings. The van der Waals surface area contributed by atoms with E-state index in [9.17, 15) is 28.2 Å². The third-order valence-corrected chi connectivity index (χ3v) is 7.01. The number of hydrogen-bond acceptors (Lipinski definition) is 4. The van der Waals surface area contributed by atoms with E-state index in [1.807, 2.05) is 0 Å². The number of nitrogens with one attached hydrogen (secondary N) is 1. The number of hydrogen-bond donors (Lipinski definition) is 3. The first kappa shape index (κ1) is 28.3. The topological polar surface area (TPSA) is 87.4 Å². The number of rotatable bonds is 7. The summed E-state index contributed by atoms with van der Waals surface area (Å²) in [6, 6.07) is 1.35. The van der Waals surface area contributed by atoms with Crippen molar-refractivity contribution in [2.24, 2.45) is 5.92 Å². The highest BCUT2D eigenvalue weighted by atomic mass is 35.5. The van der Waals surface area contributed by atoms with E-state index in [4.69, 9.17) is 11.6 Å². The van der Waals surface area contributed by atoms with E-state index in [1.165, 1.54) is 0 Å². The van der Waals surface area contributed by atoms with Gasteiger partial charge >= 0.3 is 6.18 Å². The summed E-state index contributed by atoms with van der Waals surface area (Å²) < 4.78 is 69.9. The zero-order chi connectivity index (χ0) is 27.1. The largest absolute Gasteiger partial charge is 0.417 e. The molecule has 1 aliphatic rings. The Labute approximate surface area is 210 Å². The Morgan fingerprint density at radius 2 is 1.81 bits per heavy atom. The molecule has 0 aliphatic heterocycles. The first-order valence-corrected chi connectivity index (χ1v) is 12.0. The van der Waals surface area contributed by atoms with Crippen LogP contribution in [0.25, 0.3) is 5.69 Å². The van der Waals surface area contributed by atoms with Gasteiger partial charge < -0.3 is 15.5 Å². The van der Waals surface area contributed by atoms with Crippen LogP contribution in [0, 0.1) is 17.6 Å². The second-order valence-corrected chi connectivity index (χ2v) is 10.2. The summed E-state index contributed by atoms with van der Waals surface area (Å²) in [6.07, 6.45) is -3.30. The van der Waals surface area contributed by atoms with Gasteiger partial charge in [-0.1, -0.05) is 25.4 Å². The van der Waals surface area contributed by atoms with Crippen LogP contribution in [0.15, 0.2) is 12.1 Å². The van der Waals surface area contributed by atoms with Gasteiger partial charge in [0.1, 0.15) is 16.7 Å². The molecule has 2 aromatic rings. The fraction of sp³-hybridized carbons (Fsp3) is 0.583. The van der Waals surface area contributed by atoms with E-state index < -0.39 is 52.6 Å². The maximum absolute atomic E-state index is 15.0. The normalized spacial score (nSPS) is 22.4. The number of aryl methyl sites for hydroxylation is 1. The van der Waals surface area contributed by atoms with Gasteiger partial charge in [-0.3, -0.25) is 9.36 Å².